The van der Waals surface area contributed by atoms with Gasteiger partial charge in [-0.05, 0) is 29.9 Å². The fourth-order valence-electron chi connectivity index (χ4n) is 3.01. The van der Waals surface area contributed by atoms with E-state index in [2.05, 4.69) is 11.4 Å². The van der Waals surface area contributed by atoms with Crippen molar-refractivity contribution in [1.82, 2.24) is 9.80 Å². The summed E-state index contributed by atoms with van der Waals surface area (Å²) in [7, 11) is 0. The normalized spacial score (nSPS) is 21.5. The first-order valence-electron chi connectivity index (χ1n) is 7.50. The van der Waals surface area contributed by atoms with Crippen LogP contribution in [0.3, 0.4) is 0 Å². The second kappa shape index (κ2) is 6.15. The van der Waals surface area contributed by atoms with Gasteiger partial charge < -0.3 is 15.5 Å². The number of nitrogens with zero attached hydrogens (tertiary/aromatic N) is 2. The van der Waals surface area contributed by atoms with Crippen molar-refractivity contribution in [1.29, 1.82) is 0 Å². The molecule has 1 atom stereocenters. The SMILES string of the molecule is N[C@@H]1CCN(C(=O)CCC(=O)N2CCc3sccc3C2)C1. The second-order valence-corrected chi connectivity index (χ2v) is 6.82. The van der Waals surface area contributed by atoms with E-state index in [9.17, 15) is 9.59 Å². The molecule has 6 heteroatoms. The molecular weight excluding hydrogens is 286 g/mol. The van der Waals surface area contributed by atoms with Gasteiger partial charge in [-0.3, -0.25) is 9.59 Å². The lowest BCUT2D eigenvalue weighted by Crippen LogP contribution is -2.37. The predicted molar refractivity (Wildman–Crippen MR) is 81.8 cm³/mol. The van der Waals surface area contributed by atoms with E-state index >= 15 is 0 Å². The standard InChI is InChI=1S/C15H21N3O2S/c16-12-3-6-18(10-12)15(20)2-1-14(19)17-7-4-13-11(9-17)5-8-21-13/h5,8,12H,1-4,6-7,9-10,16H2/t12-/m1/s1. The van der Waals surface area contributed by atoms with Crippen LogP contribution in [-0.4, -0.2) is 47.3 Å². The van der Waals surface area contributed by atoms with Crippen molar-refractivity contribution in [3.05, 3.63) is 21.9 Å². The Morgan fingerprint density at radius 3 is 2.71 bits per heavy atom. The maximum atomic E-state index is 12.2. The Morgan fingerprint density at radius 1 is 1.24 bits per heavy atom. The third kappa shape index (κ3) is 3.27. The van der Waals surface area contributed by atoms with Crippen molar-refractivity contribution in [2.45, 2.75) is 38.3 Å². The minimum atomic E-state index is 0.0598. The average molecular weight is 307 g/mol. The van der Waals surface area contributed by atoms with Gasteiger partial charge in [0.25, 0.3) is 0 Å². The lowest BCUT2D eigenvalue weighted by atomic mass is 10.1. The Kier molecular flexibility index (Phi) is 4.26. The van der Waals surface area contributed by atoms with Gasteiger partial charge in [-0.2, -0.15) is 0 Å². The van der Waals surface area contributed by atoms with Crippen molar-refractivity contribution in [2.75, 3.05) is 19.6 Å². The van der Waals surface area contributed by atoms with Crippen LogP contribution < -0.4 is 5.73 Å². The van der Waals surface area contributed by atoms with Crippen LogP contribution in [0.1, 0.15) is 29.7 Å². The minimum Gasteiger partial charge on any atom is -0.341 e. The number of fused-ring (bicyclic) bond motifs is 1. The summed E-state index contributed by atoms with van der Waals surface area (Å²) in [6.07, 6.45) is 2.42. The maximum absolute atomic E-state index is 12.2. The second-order valence-electron chi connectivity index (χ2n) is 5.82. The molecule has 1 fully saturated rings. The average Bonchev–Trinajstić information content (AvgIpc) is 3.12. The highest BCUT2D eigenvalue weighted by Crippen LogP contribution is 2.24. The molecule has 1 aromatic heterocycles. The largest absolute Gasteiger partial charge is 0.341 e. The summed E-state index contributed by atoms with van der Waals surface area (Å²) in [5.74, 6) is 0.147. The molecular formula is C15H21N3O2S. The van der Waals surface area contributed by atoms with Crippen LogP contribution in [0.4, 0.5) is 0 Å². The molecule has 2 aliphatic rings. The molecule has 3 rings (SSSR count). The molecule has 0 radical (unpaired) electrons. The molecule has 1 saturated heterocycles. The van der Waals surface area contributed by atoms with Crippen LogP contribution in [0.25, 0.3) is 0 Å². The molecule has 0 aliphatic carbocycles. The summed E-state index contributed by atoms with van der Waals surface area (Å²) in [6.45, 7) is 2.83. The minimum absolute atomic E-state index is 0.0598. The topological polar surface area (TPSA) is 66.6 Å². The van der Waals surface area contributed by atoms with E-state index in [1.807, 2.05) is 4.90 Å². The van der Waals surface area contributed by atoms with Crippen LogP contribution in [0.15, 0.2) is 11.4 Å². The van der Waals surface area contributed by atoms with E-state index in [0.29, 0.717) is 25.9 Å². The van der Waals surface area contributed by atoms with Gasteiger partial charge in [0.15, 0.2) is 0 Å². The van der Waals surface area contributed by atoms with Crippen LogP contribution in [0.2, 0.25) is 0 Å². The summed E-state index contributed by atoms with van der Waals surface area (Å²) >= 11 is 1.76. The van der Waals surface area contributed by atoms with E-state index in [4.69, 9.17) is 5.73 Å². The zero-order valence-corrected chi connectivity index (χ0v) is 12.9. The fourth-order valence-corrected chi connectivity index (χ4v) is 3.89. The van der Waals surface area contributed by atoms with Crippen molar-refractivity contribution in [3.63, 3.8) is 0 Å². The van der Waals surface area contributed by atoms with Gasteiger partial charge in [-0.25, -0.2) is 0 Å². The molecule has 0 saturated carbocycles. The highest BCUT2D eigenvalue weighted by atomic mass is 32.1. The Balaban J connectivity index is 1.48. The molecule has 2 amide bonds. The Hall–Kier alpha value is -1.40. The van der Waals surface area contributed by atoms with Crippen LogP contribution in [0, 0.1) is 0 Å². The zero-order valence-electron chi connectivity index (χ0n) is 12.1. The van der Waals surface area contributed by atoms with Crippen molar-refractivity contribution >= 4 is 23.2 Å². The van der Waals surface area contributed by atoms with Crippen molar-refractivity contribution in [2.24, 2.45) is 5.73 Å². The third-order valence-electron chi connectivity index (χ3n) is 4.29. The molecule has 2 N–H and O–H groups in total. The Bertz CT molecular complexity index is 543. The van der Waals surface area contributed by atoms with Crippen LogP contribution in [-0.2, 0) is 22.6 Å². The molecule has 5 nitrogen and oxygen atoms in total. The molecule has 2 aliphatic heterocycles. The predicted octanol–water partition coefficient (Wildman–Crippen LogP) is 0.973. The van der Waals surface area contributed by atoms with E-state index in [1.165, 1.54) is 10.4 Å². The molecule has 0 bridgehead atoms. The smallest absolute Gasteiger partial charge is 0.223 e. The molecule has 0 aromatic carbocycles. The van der Waals surface area contributed by atoms with E-state index in [-0.39, 0.29) is 17.9 Å². The third-order valence-corrected chi connectivity index (χ3v) is 5.31. The van der Waals surface area contributed by atoms with Crippen LogP contribution >= 0.6 is 11.3 Å². The molecule has 114 valence electrons. The van der Waals surface area contributed by atoms with Crippen LogP contribution in [0.5, 0.6) is 0 Å². The summed E-state index contributed by atoms with van der Waals surface area (Å²) in [5, 5.41) is 2.08. The summed E-state index contributed by atoms with van der Waals surface area (Å²) in [5.41, 5.74) is 7.06. The first-order valence-corrected chi connectivity index (χ1v) is 8.38. The molecule has 0 spiro atoms. The number of carbonyl (C=O) groups excluding carboxylic acids is 2. The van der Waals surface area contributed by atoms with Gasteiger partial charge in [0.1, 0.15) is 0 Å². The summed E-state index contributed by atoms with van der Waals surface area (Å²) in [4.78, 5) is 29.3. The quantitative estimate of drug-likeness (QED) is 0.905. The number of amides is 2. The molecule has 21 heavy (non-hydrogen) atoms. The summed E-state index contributed by atoms with van der Waals surface area (Å²) < 4.78 is 0. The number of carbonyl (C=O) groups is 2. The highest BCUT2D eigenvalue weighted by molar-refractivity contribution is 7.10. The van der Waals surface area contributed by atoms with Gasteiger partial charge >= 0.3 is 0 Å². The number of thiophene rings is 1. The molecule has 1 aromatic rings. The lowest BCUT2D eigenvalue weighted by Gasteiger charge is -2.27. The fraction of sp³-hybridized carbons (Fsp3) is 0.600. The Morgan fingerprint density at radius 2 is 2.00 bits per heavy atom. The van der Waals surface area contributed by atoms with Gasteiger partial charge in [0, 0.05) is 49.9 Å². The van der Waals surface area contributed by atoms with Gasteiger partial charge in [0.2, 0.25) is 11.8 Å². The number of rotatable bonds is 3. The number of hydrogen-bond donors (Lipinski definition) is 1. The van der Waals surface area contributed by atoms with E-state index in [1.54, 1.807) is 16.2 Å². The van der Waals surface area contributed by atoms with E-state index < -0.39 is 0 Å². The van der Waals surface area contributed by atoms with Gasteiger partial charge in [-0.15, -0.1) is 11.3 Å². The lowest BCUT2D eigenvalue weighted by molar-refractivity contribution is -0.137. The first kappa shape index (κ1) is 14.5. The number of nitrogens with two attached hydrogens (primary N) is 1. The van der Waals surface area contributed by atoms with E-state index in [0.717, 1.165) is 25.9 Å². The molecule has 0 unspecified atom stereocenters. The van der Waals surface area contributed by atoms with Crippen molar-refractivity contribution < 1.29 is 9.59 Å². The Labute approximate surface area is 128 Å². The highest BCUT2D eigenvalue weighted by Gasteiger charge is 2.25. The van der Waals surface area contributed by atoms with Gasteiger partial charge in [-0.1, -0.05) is 0 Å². The zero-order chi connectivity index (χ0) is 14.8. The number of hydrogen-bond acceptors (Lipinski definition) is 4. The maximum Gasteiger partial charge on any atom is 0.223 e. The summed E-state index contributed by atoms with van der Waals surface area (Å²) in [6, 6.07) is 2.19. The molecule has 3 heterocycles. The van der Waals surface area contributed by atoms with Crippen molar-refractivity contribution in [3.8, 4) is 0 Å². The van der Waals surface area contributed by atoms with Gasteiger partial charge in [0.05, 0.1) is 0 Å². The monoisotopic (exact) mass is 307 g/mol. The first-order chi connectivity index (χ1) is 10.1. The number of likely N-dealkylation sites (tertiary alicyclic amines) is 1.